The largest absolute Gasteiger partial charge is 0.481 e. The average molecular weight is 519 g/mol. The standard InChI is InChI=1S/C24H25BrClN3O3/c1-4-29(15(2)3)24(31)21-22(32-14-16-8-6-5-7-9-16)23(30)28-20(27-21)12-17-10-11-18(26)13-19(17)25/h5-11,13,15H,4,12,14H2,1-3H3,(H,27,28,30). The predicted molar refractivity (Wildman–Crippen MR) is 129 cm³/mol. The van der Waals surface area contributed by atoms with Crippen molar-refractivity contribution in [1.29, 1.82) is 0 Å². The number of ether oxygens (including phenoxy) is 1. The average Bonchev–Trinajstić information content (AvgIpc) is 2.75. The Balaban J connectivity index is 2.01. The van der Waals surface area contributed by atoms with Crippen LogP contribution in [-0.2, 0) is 13.0 Å². The second-order valence-corrected chi connectivity index (χ2v) is 8.85. The molecule has 168 valence electrons. The van der Waals surface area contributed by atoms with Crippen molar-refractivity contribution in [1.82, 2.24) is 14.9 Å². The van der Waals surface area contributed by atoms with E-state index < -0.39 is 5.56 Å². The minimum absolute atomic E-state index is 0.0142. The predicted octanol–water partition coefficient (Wildman–Crippen LogP) is 5.23. The molecule has 0 radical (unpaired) electrons. The van der Waals surface area contributed by atoms with Crippen molar-refractivity contribution in [2.24, 2.45) is 0 Å². The summed E-state index contributed by atoms with van der Waals surface area (Å²) in [5.74, 6) is -0.0433. The Hall–Kier alpha value is -2.64. The van der Waals surface area contributed by atoms with Crippen LogP contribution in [0.15, 0.2) is 57.8 Å². The summed E-state index contributed by atoms with van der Waals surface area (Å²) in [6.45, 7) is 6.37. The summed E-state index contributed by atoms with van der Waals surface area (Å²) in [5.41, 5.74) is 1.29. The summed E-state index contributed by atoms with van der Waals surface area (Å²) in [5, 5.41) is 0.595. The maximum absolute atomic E-state index is 13.3. The monoisotopic (exact) mass is 517 g/mol. The smallest absolute Gasteiger partial charge is 0.294 e. The molecule has 2 aromatic carbocycles. The Labute approximate surface area is 200 Å². The third-order valence-electron chi connectivity index (χ3n) is 4.95. The number of rotatable bonds is 8. The van der Waals surface area contributed by atoms with Crippen LogP contribution < -0.4 is 10.3 Å². The van der Waals surface area contributed by atoms with E-state index in [1.165, 1.54) is 0 Å². The highest BCUT2D eigenvalue weighted by atomic mass is 79.9. The first-order valence-corrected chi connectivity index (χ1v) is 11.5. The van der Waals surface area contributed by atoms with Gasteiger partial charge in [-0.05, 0) is 44.0 Å². The van der Waals surface area contributed by atoms with E-state index in [0.29, 0.717) is 23.8 Å². The summed E-state index contributed by atoms with van der Waals surface area (Å²) < 4.78 is 6.61. The van der Waals surface area contributed by atoms with Gasteiger partial charge in [0.2, 0.25) is 5.75 Å². The third kappa shape index (κ3) is 5.78. The fourth-order valence-electron chi connectivity index (χ4n) is 3.33. The normalized spacial score (nSPS) is 10.9. The second-order valence-electron chi connectivity index (χ2n) is 7.56. The van der Waals surface area contributed by atoms with Crippen molar-refractivity contribution in [3.63, 3.8) is 0 Å². The van der Waals surface area contributed by atoms with E-state index in [0.717, 1.165) is 15.6 Å². The Morgan fingerprint density at radius 3 is 2.56 bits per heavy atom. The molecule has 1 heterocycles. The van der Waals surface area contributed by atoms with Gasteiger partial charge in [-0.1, -0.05) is 63.9 Å². The lowest BCUT2D eigenvalue weighted by molar-refractivity contribution is 0.0704. The van der Waals surface area contributed by atoms with Crippen LogP contribution in [0.25, 0.3) is 0 Å². The van der Waals surface area contributed by atoms with Crippen molar-refractivity contribution in [2.45, 2.75) is 39.8 Å². The first-order chi connectivity index (χ1) is 15.3. The fraction of sp³-hybridized carbons (Fsp3) is 0.292. The van der Waals surface area contributed by atoms with Gasteiger partial charge in [0.15, 0.2) is 5.69 Å². The number of aromatic amines is 1. The van der Waals surface area contributed by atoms with Gasteiger partial charge < -0.3 is 14.6 Å². The van der Waals surface area contributed by atoms with Crippen molar-refractivity contribution >= 4 is 33.4 Å². The number of aromatic nitrogens is 2. The Bertz CT molecular complexity index is 1150. The second kappa shape index (κ2) is 10.8. The van der Waals surface area contributed by atoms with Crippen LogP contribution in [0.5, 0.6) is 5.75 Å². The molecule has 0 saturated carbocycles. The molecule has 0 atom stereocenters. The summed E-state index contributed by atoms with van der Waals surface area (Å²) in [6, 6.07) is 14.8. The zero-order valence-electron chi connectivity index (χ0n) is 18.2. The molecule has 0 bridgehead atoms. The van der Waals surface area contributed by atoms with E-state index in [-0.39, 0.29) is 30.0 Å². The Kier molecular flexibility index (Phi) is 8.10. The number of nitrogens with zero attached hydrogens (tertiary/aromatic N) is 2. The van der Waals surface area contributed by atoms with Gasteiger partial charge in [-0.2, -0.15) is 0 Å². The number of H-pyrrole nitrogens is 1. The van der Waals surface area contributed by atoms with Crippen LogP contribution in [0.2, 0.25) is 5.02 Å². The summed E-state index contributed by atoms with van der Waals surface area (Å²) in [4.78, 5) is 35.2. The zero-order valence-corrected chi connectivity index (χ0v) is 20.5. The zero-order chi connectivity index (χ0) is 23.3. The molecule has 0 saturated heterocycles. The number of hydrogen-bond acceptors (Lipinski definition) is 4. The topological polar surface area (TPSA) is 75.3 Å². The molecule has 1 aromatic heterocycles. The quantitative estimate of drug-likeness (QED) is 0.443. The lowest BCUT2D eigenvalue weighted by Crippen LogP contribution is -2.38. The SMILES string of the molecule is CCN(C(=O)c1nc(Cc2ccc(Cl)cc2Br)[nH]c(=O)c1OCc1ccccc1)C(C)C. The lowest BCUT2D eigenvalue weighted by atomic mass is 10.1. The van der Waals surface area contributed by atoms with E-state index in [1.54, 1.807) is 17.0 Å². The minimum Gasteiger partial charge on any atom is -0.481 e. The van der Waals surface area contributed by atoms with Crippen molar-refractivity contribution in [2.75, 3.05) is 6.54 Å². The van der Waals surface area contributed by atoms with Gasteiger partial charge in [0.25, 0.3) is 11.5 Å². The number of carbonyl (C=O) groups excluding carboxylic acids is 1. The van der Waals surface area contributed by atoms with Gasteiger partial charge >= 0.3 is 0 Å². The Morgan fingerprint density at radius 1 is 1.22 bits per heavy atom. The van der Waals surface area contributed by atoms with Gasteiger partial charge in [-0.3, -0.25) is 9.59 Å². The van der Waals surface area contributed by atoms with Crippen LogP contribution >= 0.6 is 27.5 Å². The van der Waals surface area contributed by atoms with Crippen molar-refractivity contribution in [3.8, 4) is 5.75 Å². The number of hydrogen-bond donors (Lipinski definition) is 1. The molecule has 1 N–H and O–H groups in total. The van der Waals surface area contributed by atoms with Gasteiger partial charge in [0.05, 0.1) is 0 Å². The number of benzene rings is 2. The fourth-order valence-corrected chi connectivity index (χ4v) is 4.15. The molecule has 0 aliphatic rings. The van der Waals surface area contributed by atoms with Gasteiger partial charge in [-0.15, -0.1) is 0 Å². The van der Waals surface area contributed by atoms with E-state index in [2.05, 4.69) is 25.9 Å². The maximum atomic E-state index is 13.3. The van der Waals surface area contributed by atoms with Crippen LogP contribution in [0.3, 0.4) is 0 Å². The molecule has 0 unspecified atom stereocenters. The molecule has 0 fully saturated rings. The molecule has 0 aliphatic heterocycles. The molecule has 32 heavy (non-hydrogen) atoms. The summed E-state index contributed by atoms with van der Waals surface area (Å²) >= 11 is 9.51. The minimum atomic E-state index is -0.487. The highest BCUT2D eigenvalue weighted by Crippen LogP contribution is 2.24. The maximum Gasteiger partial charge on any atom is 0.294 e. The first-order valence-electron chi connectivity index (χ1n) is 10.3. The number of nitrogens with one attached hydrogen (secondary N) is 1. The van der Waals surface area contributed by atoms with E-state index in [9.17, 15) is 9.59 Å². The summed E-state index contributed by atoms with van der Waals surface area (Å²) in [7, 11) is 0. The van der Waals surface area contributed by atoms with Crippen LogP contribution in [0, 0.1) is 0 Å². The molecule has 1 amide bonds. The first kappa shape index (κ1) is 24.0. The van der Waals surface area contributed by atoms with Gasteiger partial charge in [0, 0.05) is 28.5 Å². The Morgan fingerprint density at radius 2 is 1.94 bits per heavy atom. The molecule has 8 heteroatoms. The van der Waals surface area contributed by atoms with Crippen molar-refractivity contribution < 1.29 is 9.53 Å². The highest BCUT2D eigenvalue weighted by Gasteiger charge is 2.26. The molecule has 0 spiro atoms. The number of amides is 1. The van der Waals surface area contributed by atoms with E-state index in [1.807, 2.05) is 57.2 Å². The lowest BCUT2D eigenvalue weighted by Gasteiger charge is -2.25. The number of carbonyl (C=O) groups is 1. The highest BCUT2D eigenvalue weighted by molar-refractivity contribution is 9.10. The molecule has 0 aliphatic carbocycles. The molecule has 3 rings (SSSR count). The molecule has 3 aromatic rings. The molecular weight excluding hydrogens is 494 g/mol. The molecular formula is C24H25BrClN3O3. The van der Waals surface area contributed by atoms with E-state index in [4.69, 9.17) is 16.3 Å². The third-order valence-corrected chi connectivity index (χ3v) is 5.93. The summed E-state index contributed by atoms with van der Waals surface area (Å²) in [6.07, 6.45) is 0.319. The molecule has 6 nitrogen and oxygen atoms in total. The van der Waals surface area contributed by atoms with Gasteiger partial charge in [-0.25, -0.2) is 4.98 Å². The van der Waals surface area contributed by atoms with E-state index >= 15 is 0 Å². The van der Waals surface area contributed by atoms with Crippen LogP contribution in [-0.4, -0.2) is 33.4 Å². The number of halogens is 2. The van der Waals surface area contributed by atoms with Crippen LogP contribution in [0.1, 0.15) is 48.2 Å². The van der Waals surface area contributed by atoms with Crippen molar-refractivity contribution in [3.05, 3.63) is 91.0 Å². The van der Waals surface area contributed by atoms with Gasteiger partial charge in [0.1, 0.15) is 12.4 Å². The van der Waals surface area contributed by atoms with Crippen LogP contribution in [0.4, 0.5) is 0 Å².